The lowest BCUT2D eigenvalue weighted by Crippen LogP contribution is -2.41. The molecule has 2 unspecified atom stereocenters. The van der Waals surface area contributed by atoms with E-state index >= 15 is 0 Å². The molecule has 0 aliphatic heterocycles. The lowest BCUT2D eigenvalue weighted by atomic mass is 9.97. The molecule has 0 spiro atoms. The molecule has 1 aliphatic carbocycles. The maximum absolute atomic E-state index is 11.8. The van der Waals surface area contributed by atoms with Crippen molar-refractivity contribution in [3.05, 3.63) is 11.6 Å². The number of hydrogen-bond donors (Lipinski definition) is 2. The van der Waals surface area contributed by atoms with Crippen LogP contribution in [0.1, 0.15) is 39.0 Å². The maximum Gasteiger partial charge on any atom is 0.224 e. The van der Waals surface area contributed by atoms with Gasteiger partial charge in [0.15, 0.2) is 0 Å². The third-order valence-corrected chi connectivity index (χ3v) is 4.36. The topological polar surface area (TPSA) is 49.3 Å². The van der Waals surface area contributed by atoms with Crippen molar-refractivity contribution in [2.75, 3.05) is 12.9 Å². The van der Waals surface area contributed by atoms with Gasteiger partial charge in [-0.1, -0.05) is 11.6 Å². The third kappa shape index (κ3) is 5.13. The molecule has 98 valence electrons. The van der Waals surface area contributed by atoms with Gasteiger partial charge < -0.3 is 10.4 Å². The van der Waals surface area contributed by atoms with Crippen molar-refractivity contribution < 1.29 is 9.90 Å². The summed E-state index contributed by atoms with van der Waals surface area (Å²) in [5.41, 5.74) is 1.27. The Morgan fingerprint density at radius 2 is 2.35 bits per heavy atom. The summed E-state index contributed by atoms with van der Waals surface area (Å²) in [6.45, 7) is 2.05. The first-order valence-electron chi connectivity index (χ1n) is 6.28. The second-order valence-electron chi connectivity index (χ2n) is 4.60. The minimum Gasteiger partial charge on any atom is -0.395 e. The number of amides is 1. The molecule has 17 heavy (non-hydrogen) atoms. The summed E-state index contributed by atoms with van der Waals surface area (Å²) in [5.74, 6) is 0.0816. The smallest absolute Gasteiger partial charge is 0.224 e. The molecule has 3 nitrogen and oxygen atoms in total. The van der Waals surface area contributed by atoms with Crippen molar-refractivity contribution in [3.63, 3.8) is 0 Å². The minimum absolute atomic E-state index is 0.0201. The summed E-state index contributed by atoms with van der Waals surface area (Å²) < 4.78 is 0. The average Bonchev–Trinajstić information content (AvgIpc) is 2.31. The number of carbonyl (C=O) groups is 1. The minimum atomic E-state index is 0.0201. The third-order valence-electron chi connectivity index (χ3n) is 3.20. The second-order valence-corrected chi connectivity index (χ2v) is 5.67. The Balaban J connectivity index is 2.35. The zero-order valence-corrected chi connectivity index (χ0v) is 11.6. The Morgan fingerprint density at radius 3 is 2.88 bits per heavy atom. The van der Waals surface area contributed by atoms with Gasteiger partial charge in [-0.05, 0) is 38.9 Å². The highest BCUT2D eigenvalue weighted by molar-refractivity contribution is 7.99. The molecule has 1 aliphatic rings. The molecule has 0 aromatic heterocycles. The van der Waals surface area contributed by atoms with Crippen molar-refractivity contribution in [3.8, 4) is 0 Å². The van der Waals surface area contributed by atoms with Crippen LogP contribution in [0.5, 0.6) is 0 Å². The van der Waals surface area contributed by atoms with E-state index in [2.05, 4.69) is 11.4 Å². The van der Waals surface area contributed by atoms with Crippen LogP contribution in [0.25, 0.3) is 0 Å². The van der Waals surface area contributed by atoms with Crippen LogP contribution < -0.4 is 5.32 Å². The number of rotatable bonds is 6. The van der Waals surface area contributed by atoms with Crippen LogP contribution in [0.3, 0.4) is 0 Å². The number of nitrogens with one attached hydrogen (secondary N) is 1. The van der Waals surface area contributed by atoms with Crippen LogP contribution in [0.4, 0.5) is 0 Å². The van der Waals surface area contributed by atoms with Gasteiger partial charge in [0.05, 0.1) is 6.61 Å². The second kappa shape index (κ2) is 7.77. The number of aliphatic hydroxyl groups excluding tert-OH is 1. The van der Waals surface area contributed by atoms with Gasteiger partial charge in [0.2, 0.25) is 5.91 Å². The van der Waals surface area contributed by atoms with Crippen LogP contribution in [0, 0.1) is 0 Å². The lowest BCUT2D eigenvalue weighted by molar-refractivity contribution is -0.121. The van der Waals surface area contributed by atoms with E-state index in [0.29, 0.717) is 6.42 Å². The fourth-order valence-electron chi connectivity index (χ4n) is 2.11. The Bertz CT molecular complexity index is 275. The van der Waals surface area contributed by atoms with Crippen LogP contribution in [-0.4, -0.2) is 35.2 Å². The number of aliphatic hydroxyl groups is 1. The number of hydrogen-bond acceptors (Lipinski definition) is 3. The monoisotopic (exact) mass is 257 g/mol. The summed E-state index contributed by atoms with van der Waals surface area (Å²) >= 11 is 1.59. The van der Waals surface area contributed by atoms with E-state index in [1.54, 1.807) is 11.8 Å². The predicted octanol–water partition coefficient (Wildman–Crippen LogP) is 2.11. The van der Waals surface area contributed by atoms with E-state index in [9.17, 15) is 4.79 Å². The first-order chi connectivity index (χ1) is 8.17. The fraction of sp³-hybridized carbons (Fsp3) is 0.769. The van der Waals surface area contributed by atoms with Gasteiger partial charge in [0.1, 0.15) is 0 Å². The summed E-state index contributed by atoms with van der Waals surface area (Å²) in [7, 11) is 0. The molecule has 0 saturated carbocycles. The highest BCUT2D eigenvalue weighted by Crippen LogP contribution is 2.20. The number of allylic oxidation sites excluding steroid dienone is 1. The average molecular weight is 257 g/mol. The summed E-state index contributed by atoms with van der Waals surface area (Å²) in [6, 6.07) is 0.0201. The molecule has 0 fully saturated rings. The van der Waals surface area contributed by atoms with Gasteiger partial charge in [0, 0.05) is 17.7 Å². The van der Waals surface area contributed by atoms with E-state index in [4.69, 9.17) is 5.11 Å². The van der Waals surface area contributed by atoms with Crippen molar-refractivity contribution in [2.45, 2.75) is 50.3 Å². The lowest BCUT2D eigenvalue weighted by Gasteiger charge is -2.22. The SMILES string of the molecule is CSC(CO)C(C)NC(=O)CC1=CCCCC1. The molecule has 1 rings (SSSR count). The molecule has 2 atom stereocenters. The van der Waals surface area contributed by atoms with Crippen molar-refractivity contribution >= 4 is 17.7 Å². The van der Waals surface area contributed by atoms with Crippen LogP contribution in [0.15, 0.2) is 11.6 Å². The molecule has 0 aromatic rings. The summed E-state index contributed by atoms with van der Waals surface area (Å²) in [6.07, 6.45) is 9.31. The Kier molecular flexibility index (Phi) is 6.66. The van der Waals surface area contributed by atoms with Crippen molar-refractivity contribution in [1.29, 1.82) is 0 Å². The van der Waals surface area contributed by atoms with Gasteiger partial charge in [-0.3, -0.25) is 4.79 Å². The summed E-state index contributed by atoms with van der Waals surface area (Å²) in [4.78, 5) is 11.8. The van der Waals surface area contributed by atoms with Crippen LogP contribution >= 0.6 is 11.8 Å². The number of carbonyl (C=O) groups excluding carboxylic acids is 1. The molecule has 4 heteroatoms. The molecule has 0 bridgehead atoms. The molecule has 1 amide bonds. The van der Waals surface area contributed by atoms with E-state index in [-0.39, 0.29) is 23.8 Å². The van der Waals surface area contributed by atoms with E-state index in [0.717, 1.165) is 12.8 Å². The normalized spacial score (nSPS) is 19.4. The molecular formula is C13H23NO2S. The molecule has 0 saturated heterocycles. The molecule has 0 radical (unpaired) electrons. The standard InChI is InChI=1S/C13H23NO2S/c1-10(12(9-15)17-2)14-13(16)8-11-6-4-3-5-7-11/h6,10,12,15H,3-5,7-9H2,1-2H3,(H,14,16). The Hall–Kier alpha value is -0.480. The van der Waals surface area contributed by atoms with Crippen LogP contribution in [-0.2, 0) is 4.79 Å². The van der Waals surface area contributed by atoms with Gasteiger partial charge in [-0.15, -0.1) is 0 Å². The molecule has 2 N–H and O–H groups in total. The first-order valence-corrected chi connectivity index (χ1v) is 7.57. The Morgan fingerprint density at radius 1 is 1.59 bits per heavy atom. The fourth-order valence-corrected chi connectivity index (χ4v) is 2.73. The quantitative estimate of drug-likeness (QED) is 0.717. The van der Waals surface area contributed by atoms with E-state index in [1.165, 1.54) is 18.4 Å². The zero-order valence-electron chi connectivity index (χ0n) is 10.7. The first kappa shape index (κ1) is 14.6. The molecular weight excluding hydrogens is 234 g/mol. The highest BCUT2D eigenvalue weighted by Gasteiger charge is 2.18. The highest BCUT2D eigenvalue weighted by atomic mass is 32.2. The van der Waals surface area contributed by atoms with E-state index < -0.39 is 0 Å². The van der Waals surface area contributed by atoms with Gasteiger partial charge >= 0.3 is 0 Å². The van der Waals surface area contributed by atoms with Crippen LogP contribution in [0.2, 0.25) is 0 Å². The predicted molar refractivity (Wildman–Crippen MR) is 73.2 cm³/mol. The molecule has 0 heterocycles. The van der Waals surface area contributed by atoms with Crippen molar-refractivity contribution in [2.24, 2.45) is 0 Å². The van der Waals surface area contributed by atoms with Gasteiger partial charge in [-0.25, -0.2) is 0 Å². The Labute approximate surface area is 108 Å². The van der Waals surface area contributed by atoms with Gasteiger partial charge in [-0.2, -0.15) is 11.8 Å². The zero-order chi connectivity index (χ0) is 12.7. The largest absolute Gasteiger partial charge is 0.395 e. The summed E-state index contributed by atoms with van der Waals surface area (Å²) in [5, 5.41) is 12.2. The van der Waals surface area contributed by atoms with Gasteiger partial charge in [0.25, 0.3) is 0 Å². The molecule has 0 aromatic carbocycles. The number of thioether (sulfide) groups is 1. The van der Waals surface area contributed by atoms with Crippen molar-refractivity contribution in [1.82, 2.24) is 5.32 Å². The maximum atomic E-state index is 11.8. The van der Waals surface area contributed by atoms with E-state index in [1.807, 2.05) is 13.2 Å².